The van der Waals surface area contributed by atoms with Crippen molar-refractivity contribution < 1.29 is 33.4 Å². The van der Waals surface area contributed by atoms with E-state index in [2.05, 4.69) is 70.8 Å². The van der Waals surface area contributed by atoms with Gasteiger partial charge in [-0.25, -0.2) is 28.2 Å². The van der Waals surface area contributed by atoms with Crippen molar-refractivity contribution in [1.82, 2.24) is 9.97 Å². The second-order valence-corrected chi connectivity index (χ2v) is 6.18. The Morgan fingerprint density at radius 2 is 1.46 bits per heavy atom. The van der Waals surface area contributed by atoms with E-state index in [0.717, 1.165) is 18.8 Å². The summed E-state index contributed by atoms with van der Waals surface area (Å²) >= 11 is 0. The molecule has 0 fully saturated rings. The van der Waals surface area contributed by atoms with Crippen molar-refractivity contribution in [1.29, 1.82) is 0 Å². The average Bonchev–Trinajstić information content (AvgIpc) is 3.14. The number of hydrogen-bond donors (Lipinski definition) is 1. The lowest BCUT2D eigenvalue weighted by Gasteiger charge is -2.17. The van der Waals surface area contributed by atoms with E-state index in [1.807, 2.05) is 6.20 Å². The van der Waals surface area contributed by atoms with Crippen LogP contribution in [-0.4, -0.2) is 9.97 Å². The number of hydrogen-bond acceptors (Lipinski definition) is 5. The van der Waals surface area contributed by atoms with Crippen LogP contribution in [0.25, 0.3) is 17.1 Å². The molecule has 0 aliphatic heterocycles. The van der Waals surface area contributed by atoms with Crippen LogP contribution in [0.5, 0.6) is 0 Å². The fraction of sp³-hybridized carbons (Fsp3) is 0.222. The summed E-state index contributed by atoms with van der Waals surface area (Å²) in [5.41, 5.74) is 5.06. The minimum absolute atomic E-state index is 0.892. The molecule has 0 aliphatic carbocycles. The third-order valence-corrected chi connectivity index (χ3v) is 3.75. The van der Waals surface area contributed by atoms with Crippen LogP contribution in [-0.2, 0) is 12.8 Å². The Balaban J connectivity index is 0.000000431. The largest absolute Gasteiger partial charge is 0.401 e. The molecule has 0 spiro atoms. The fourth-order valence-electron chi connectivity index (χ4n) is 2.68. The van der Waals surface area contributed by atoms with Crippen molar-refractivity contribution in [3.8, 4) is 17.1 Å². The molecule has 2 aromatic heterocycles. The molecule has 0 saturated heterocycles. The molecule has 0 aliphatic rings. The number of nitrogens with zero attached hydrogens (tertiary/aromatic N) is 2. The van der Waals surface area contributed by atoms with E-state index < -0.39 is 10.2 Å². The van der Waals surface area contributed by atoms with Crippen LogP contribution in [0.15, 0.2) is 54.9 Å². The number of benzene rings is 1. The van der Waals surface area contributed by atoms with Gasteiger partial charge in [0.15, 0.2) is 0 Å². The van der Waals surface area contributed by atoms with Gasteiger partial charge < -0.3 is 0 Å². The van der Waals surface area contributed by atoms with Crippen LogP contribution in [0.2, 0.25) is 0 Å². The maximum absolute atomic E-state index is 8.49. The lowest BCUT2D eigenvalue weighted by atomic mass is 10.0. The van der Waals surface area contributed by atoms with Crippen molar-refractivity contribution in [3.63, 3.8) is 0 Å². The molecule has 1 aromatic carbocycles. The Kier molecular flexibility index (Phi) is 6.84. The third kappa shape index (κ3) is 5.62. The molecule has 3 aromatic rings. The van der Waals surface area contributed by atoms with Gasteiger partial charge in [0, 0.05) is 0 Å². The number of rotatable bonds is 4. The molecular weight excluding hydrogens is 358 g/mol. The molecule has 0 saturated carbocycles. The van der Waals surface area contributed by atoms with Crippen LogP contribution >= 0.6 is 0 Å². The van der Waals surface area contributed by atoms with Crippen molar-refractivity contribution >= 4 is 0 Å². The van der Waals surface area contributed by atoms with Gasteiger partial charge in [-0.2, -0.15) is 0 Å². The number of aromatic nitrogens is 3. The molecular formula is C18H20ClN3O4. The number of halogens is 1. The summed E-state index contributed by atoms with van der Waals surface area (Å²) in [6, 6.07) is 15.1. The minimum atomic E-state index is -4.94. The molecule has 0 bridgehead atoms. The van der Waals surface area contributed by atoms with Crippen molar-refractivity contribution in [2.24, 2.45) is 0 Å². The predicted octanol–water partition coefficient (Wildman–Crippen LogP) is -1.28. The molecule has 3 rings (SSSR count). The first-order valence-corrected chi connectivity index (χ1v) is 9.31. The van der Waals surface area contributed by atoms with Gasteiger partial charge in [0.2, 0.25) is 0 Å². The van der Waals surface area contributed by atoms with E-state index in [4.69, 9.17) is 18.6 Å². The summed E-state index contributed by atoms with van der Waals surface area (Å²) in [5.74, 6) is 0.892. The van der Waals surface area contributed by atoms with Gasteiger partial charge in [-0.15, -0.1) is 10.2 Å². The first-order chi connectivity index (χ1) is 12.3. The maximum Gasteiger partial charge on any atom is 0.401 e. The highest BCUT2D eigenvalue weighted by atomic mass is 35.7. The zero-order chi connectivity index (χ0) is 19.2. The molecule has 138 valence electrons. The number of aromatic amines is 1. The number of pyridine rings is 1. The monoisotopic (exact) mass is 377 g/mol. The van der Waals surface area contributed by atoms with Gasteiger partial charge in [0.1, 0.15) is 6.20 Å². The zero-order valence-electron chi connectivity index (χ0n) is 14.5. The van der Waals surface area contributed by atoms with Crippen LogP contribution in [0.4, 0.5) is 0 Å². The van der Waals surface area contributed by atoms with E-state index in [9.17, 15) is 0 Å². The summed E-state index contributed by atoms with van der Waals surface area (Å²) in [6.07, 6.45) is 5.60. The summed E-state index contributed by atoms with van der Waals surface area (Å²) < 4.78 is 36.2. The Hall–Kier alpha value is -2.29. The van der Waals surface area contributed by atoms with Crippen LogP contribution < -0.4 is 23.2 Å². The van der Waals surface area contributed by atoms with Gasteiger partial charge in [-0.1, -0.05) is 49.2 Å². The molecule has 0 atom stereocenters. The number of imidazole rings is 1. The van der Waals surface area contributed by atoms with Gasteiger partial charge in [-0.3, -0.25) is 0 Å². The SMILES string of the molecule is CCc1cc(-c2ccccc2)cc(CC)[n+]1-c1ncc[nH]1.[O-][Cl+3]([O-])([O-])[O-]. The Bertz CT molecular complexity index is 787. The highest BCUT2D eigenvalue weighted by Gasteiger charge is 2.17. The Morgan fingerprint density at radius 1 is 0.923 bits per heavy atom. The smallest absolute Gasteiger partial charge is 0.245 e. The summed E-state index contributed by atoms with van der Waals surface area (Å²) in [6.45, 7) is 4.37. The lowest BCUT2D eigenvalue weighted by Crippen LogP contribution is -2.68. The molecule has 7 nitrogen and oxygen atoms in total. The predicted molar refractivity (Wildman–Crippen MR) is 84.3 cm³/mol. The highest BCUT2D eigenvalue weighted by molar-refractivity contribution is 5.63. The number of nitrogens with one attached hydrogen (secondary N) is 1. The van der Waals surface area contributed by atoms with Crippen LogP contribution in [0.3, 0.4) is 0 Å². The number of aryl methyl sites for hydroxylation is 2. The highest BCUT2D eigenvalue weighted by Crippen LogP contribution is 2.21. The summed E-state index contributed by atoms with van der Waals surface area (Å²) in [7, 11) is -4.94. The normalized spacial score (nSPS) is 11.0. The maximum atomic E-state index is 8.49. The van der Waals surface area contributed by atoms with Crippen molar-refractivity contribution in [2.45, 2.75) is 26.7 Å². The average molecular weight is 378 g/mol. The zero-order valence-corrected chi connectivity index (χ0v) is 15.3. The summed E-state index contributed by atoms with van der Waals surface area (Å²) in [5, 5.41) is 0. The topological polar surface area (TPSA) is 125 Å². The standard InChI is InChI=1S/C18H20N3.ClHO4/c1-3-16-12-15(14-8-6-5-7-9-14)13-17(4-2)21(16)18-19-10-11-20-18;2-1(3,4)5/h5-13H,3-4H2,1-2H3,(H,19,20);(H,2,3,4,5)/q+1;/p-1. The quantitative estimate of drug-likeness (QED) is 0.567. The first-order valence-electron chi connectivity index (χ1n) is 8.08. The molecule has 0 radical (unpaired) electrons. The molecule has 2 heterocycles. The van der Waals surface area contributed by atoms with E-state index >= 15 is 0 Å². The van der Waals surface area contributed by atoms with Crippen molar-refractivity contribution in [3.05, 3.63) is 66.2 Å². The molecule has 1 N–H and O–H groups in total. The lowest BCUT2D eigenvalue weighted by molar-refractivity contribution is -2.00. The first kappa shape index (κ1) is 20.0. The fourth-order valence-corrected chi connectivity index (χ4v) is 2.68. The molecule has 26 heavy (non-hydrogen) atoms. The van der Waals surface area contributed by atoms with Crippen LogP contribution in [0.1, 0.15) is 25.2 Å². The molecule has 8 heteroatoms. The van der Waals surface area contributed by atoms with Crippen LogP contribution in [0, 0.1) is 10.2 Å². The van der Waals surface area contributed by atoms with Gasteiger partial charge in [-0.05, 0) is 36.1 Å². The second kappa shape index (κ2) is 8.88. The van der Waals surface area contributed by atoms with Gasteiger partial charge >= 0.3 is 5.95 Å². The second-order valence-electron chi connectivity index (χ2n) is 5.43. The summed E-state index contributed by atoms with van der Waals surface area (Å²) in [4.78, 5) is 7.63. The van der Waals surface area contributed by atoms with E-state index in [0.29, 0.717) is 0 Å². The molecule has 0 amide bonds. The van der Waals surface area contributed by atoms with Crippen molar-refractivity contribution in [2.75, 3.05) is 0 Å². The minimum Gasteiger partial charge on any atom is -0.245 e. The Morgan fingerprint density at radius 3 is 1.88 bits per heavy atom. The Labute approximate surface area is 154 Å². The van der Waals surface area contributed by atoms with Gasteiger partial charge in [0.25, 0.3) is 0 Å². The third-order valence-electron chi connectivity index (χ3n) is 3.75. The van der Waals surface area contributed by atoms with Gasteiger partial charge in [0.05, 0.1) is 17.6 Å². The molecule has 0 unspecified atom stereocenters. The van der Waals surface area contributed by atoms with E-state index in [1.165, 1.54) is 22.5 Å². The van der Waals surface area contributed by atoms with E-state index in [-0.39, 0.29) is 0 Å². The van der Waals surface area contributed by atoms with E-state index in [1.54, 1.807) is 6.20 Å². The number of H-pyrrole nitrogens is 1.